The fourth-order valence-corrected chi connectivity index (χ4v) is 1.79. The van der Waals surface area contributed by atoms with Crippen molar-refractivity contribution in [3.05, 3.63) is 36.0 Å². The summed E-state index contributed by atoms with van der Waals surface area (Å²) in [5.74, 6) is 0. The Labute approximate surface area is 93.2 Å². The van der Waals surface area contributed by atoms with Crippen LogP contribution in [0.5, 0.6) is 0 Å². The first-order chi connectivity index (χ1) is 7.68. The van der Waals surface area contributed by atoms with Gasteiger partial charge in [-0.1, -0.05) is 18.2 Å². The van der Waals surface area contributed by atoms with E-state index in [0.29, 0.717) is 0 Å². The van der Waals surface area contributed by atoms with Gasteiger partial charge in [0.05, 0.1) is 13.2 Å². The van der Waals surface area contributed by atoms with Crippen molar-refractivity contribution in [2.24, 2.45) is 0 Å². The molecule has 16 heavy (non-hydrogen) atoms. The van der Waals surface area contributed by atoms with Gasteiger partial charge in [-0.3, -0.25) is 0 Å². The lowest BCUT2D eigenvalue weighted by molar-refractivity contribution is -0.0537. The summed E-state index contributed by atoms with van der Waals surface area (Å²) in [5, 5.41) is 28.9. The number of rotatable bonds is 4. The molecule has 0 unspecified atom stereocenters. The second-order valence-corrected chi connectivity index (χ2v) is 4.08. The Morgan fingerprint density at radius 2 is 1.81 bits per heavy atom. The molecule has 0 bridgehead atoms. The van der Waals surface area contributed by atoms with E-state index in [9.17, 15) is 5.11 Å². The summed E-state index contributed by atoms with van der Waals surface area (Å²) in [5.41, 5.74) is 0.419. The molecule has 0 spiro atoms. The maximum absolute atomic E-state index is 9.85. The third kappa shape index (κ3) is 1.95. The van der Waals surface area contributed by atoms with E-state index in [2.05, 4.69) is 4.98 Å². The molecule has 1 heterocycles. The predicted molar refractivity (Wildman–Crippen MR) is 61.1 cm³/mol. The lowest BCUT2D eigenvalue weighted by atomic mass is 9.96. The van der Waals surface area contributed by atoms with Crippen LogP contribution in [0, 0.1) is 0 Å². The van der Waals surface area contributed by atoms with E-state index >= 15 is 0 Å². The van der Waals surface area contributed by atoms with Gasteiger partial charge in [-0.2, -0.15) is 0 Å². The number of benzene rings is 1. The van der Waals surface area contributed by atoms with E-state index < -0.39 is 18.8 Å². The van der Waals surface area contributed by atoms with E-state index in [0.717, 1.165) is 16.5 Å². The molecule has 4 N–H and O–H groups in total. The van der Waals surface area contributed by atoms with Crippen molar-refractivity contribution in [3.8, 4) is 0 Å². The molecule has 0 aliphatic carbocycles. The third-order valence-electron chi connectivity index (χ3n) is 2.78. The molecule has 0 saturated carbocycles. The molecule has 4 nitrogen and oxygen atoms in total. The van der Waals surface area contributed by atoms with Gasteiger partial charge < -0.3 is 20.3 Å². The van der Waals surface area contributed by atoms with Gasteiger partial charge in [0.2, 0.25) is 0 Å². The summed E-state index contributed by atoms with van der Waals surface area (Å²) in [7, 11) is 0. The first kappa shape index (κ1) is 11.1. The van der Waals surface area contributed by atoms with Crippen LogP contribution in [0.2, 0.25) is 0 Å². The quantitative estimate of drug-likeness (QED) is 0.604. The Morgan fingerprint density at radius 1 is 1.12 bits per heavy atom. The van der Waals surface area contributed by atoms with Gasteiger partial charge in [0.1, 0.15) is 5.60 Å². The van der Waals surface area contributed by atoms with Crippen LogP contribution in [-0.4, -0.2) is 39.1 Å². The number of fused-ring (bicyclic) bond motifs is 1. The number of para-hydroxylation sites is 1. The number of nitrogens with one attached hydrogen (secondary N) is 1. The highest BCUT2D eigenvalue weighted by molar-refractivity contribution is 5.83. The van der Waals surface area contributed by atoms with E-state index in [1.165, 1.54) is 0 Å². The van der Waals surface area contributed by atoms with Crippen molar-refractivity contribution in [2.45, 2.75) is 12.0 Å². The summed E-state index contributed by atoms with van der Waals surface area (Å²) in [6, 6.07) is 7.72. The zero-order chi connectivity index (χ0) is 11.6. The number of aromatic nitrogens is 1. The summed E-state index contributed by atoms with van der Waals surface area (Å²) < 4.78 is 0. The normalized spacial score (nSPS) is 12.2. The second kappa shape index (κ2) is 4.25. The van der Waals surface area contributed by atoms with Crippen LogP contribution >= 0.6 is 0 Å². The number of aliphatic hydroxyl groups excluding tert-OH is 2. The molecule has 0 aliphatic rings. The predicted octanol–water partition coefficient (Wildman–Crippen LogP) is 0.426. The van der Waals surface area contributed by atoms with Crippen LogP contribution in [0.1, 0.15) is 5.56 Å². The van der Waals surface area contributed by atoms with Crippen LogP contribution in [0.25, 0.3) is 10.9 Å². The number of hydrogen-bond acceptors (Lipinski definition) is 3. The number of aromatic amines is 1. The maximum atomic E-state index is 9.85. The van der Waals surface area contributed by atoms with Crippen molar-refractivity contribution < 1.29 is 15.3 Å². The minimum atomic E-state index is -1.45. The second-order valence-electron chi connectivity index (χ2n) is 4.08. The average molecular weight is 221 g/mol. The van der Waals surface area contributed by atoms with Gasteiger partial charge in [0.25, 0.3) is 0 Å². The van der Waals surface area contributed by atoms with E-state index in [4.69, 9.17) is 10.2 Å². The fourth-order valence-electron chi connectivity index (χ4n) is 1.79. The van der Waals surface area contributed by atoms with Gasteiger partial charge >= 0.3 is 0 Å². The smallest absolute Gasteiger partial charge is 0.115 e. The minimum Gasteiger partial charge on any atom is -0.393 e. The summed E-state index contributed by atoms with van der Waals surface area (Å²) in [6.07, 6.45) is 2.02. The third-order valence-corrected chi connectivity index (χ3v) is 2.78. The monoisotopic (exact) mass is 221 g/mol. The highest BCUT2D eigenvalue weighted by Gasteiger charge is 2.26. The molecule has 4 heteroatoms. The zero-order valence-electron chi connectivity index (χ0n) is 8.85. The number of hydrogen-bond donors (Lipinski definition) is 4. The number of H-pyrrole nitrogens is 1. The highest BCUT2D eigenvalue weighted by Crippen LogP contribution is 2.22. The zero-order valence-corrected chi connectivity index (χ0v) is 8.85. The summed E-state index contributed by atoms with van der Waals surface area (Å²) >= 11 is 0. The first-order valence-electron chi connectivity index (χ1n) is 5.17. The molecule has 0 fully saturated rings. The average Bonchev–Trinajstić information content (AvgIpc) is 2.73. The van der Waals surface area contributed by atoms with Gasteiger partial charge in [0, 0.05) is 23.5 Å². The Hall–Kier alpha value is -1.36. The van der Waals surface area contributed by atoms with E-state index in [-0.39, 0.29) is 6.42 Å². The molecule has 86 valence electrons. The molecule has 2 aromatic rings. The fraction of sp³-hybridized carbons (Fsp3) is 0.333. The standard InChI is InChI=1S/C12H15NO3/c14-7-12(16,8-15)5-9-6-13-11-4-2-1-3-10(9)11/h1-4,6,13-16H,5,7-8H2. The largest absolute Gasteiger partial charge is 0.393 e. The highest BCUT2D eigenvalue weighted by atomic mass is 16.4. The molecule has 0 atom stereocenters. The van der Waals surface area contributed by atoms with Crippen LogP contribution in [0.3, 0.4) is 0 Å². The van der Waals surface area contributed by atoms with Crippen molar-refractivity contribution in [1.82, 2.24) is 4.98 Å². The summed E-state index contributed by atoms with van der Waals surface area (Å²) in [6.45, 7) is -0.911. The lowest BCUT2D eigenvalue weighted by Crippen LogP contribution is -2.39. The van der Waals surface area contributed by atoms with Crippen LogP contribution < -0.4 is 0 Å². The molecule has 0 saturated heterocycles. The molecule has 1 aromatic carbocycles. The van der Waals surface area contributed by atoms with Gasteiger partial charge in [-0.25, -0.2) is 0 Å². The van der Waals surface area contributed by atoms with Gasteiger partial charge in [-0.05, 0) is 11.6 Å². The maximum Gasteiger partial charge on any atom is 0.115 e. The molecule has 2 rings (SSSR count). The molecular formula is C12H15NO3. The molecule has 0 radical (unpaired) electrons. The van der Waals surface area contributed by atoms with Crippen molar-refractivity contribution in [3.63, 3.8) is 0 Å². The van der Waals surface area contributed by atoms with E-state index in [1.54, 1.807) is 6.20 Å². The Bertz CT molecular complexity index is 474. The van der Waals surface area contributed by atoms with Crippen molar-refractivity contribution >= 4 is 10.9 Å². The lowest BCUT2D eigenvalue weighted by Gasteiger charge is -2.22. The Kier molecular flexibility index (Phi) is 2.96. The van der Waals surface area contributed by atoms with Crippen LogP contribution in [0.15, 0.2) is 30.5 Å². The van der Waals surface area contributed by atoms with Crippen LogP contribution in [0.4, 0.5) is 0 Å². The Morgan fingerprint density at radius 3 is 2.50 bits per heavy atom. The Balaban J connectivity index is 2.34. The molecule has 1 aromatic heterocycles. The van der Waals surface area contributed by atoms with E-state index in [1.807, 2.05) is 24.3 Å². The minimum absolute atomic E-state index is 0.226. The molecule has 0 aliphatic heterocycles. The van der Waals surface area contributed by atoms with Crippen LogP contribution in [-0.2, 0) is 6.42 Å². The molecular weight excluding hydrogens is 206 g/mol. The topological polar surface area (TPSA) is 76.5 Å². The van der Waals surface area contributed by atoms with Crippen molar-refractivity contribution in [2.75, 3.05) is 13.2 Å². The summed E-state index contributed by atoms with van der Waals surface area (Å²) in [4.78, 5) is 3.08. The van der Waals surface area contributed by atoms with Gasteiger partial charge in [-0.15, -0.1) is 0 Å². The van der Waals surface area contributed by atoms with Crippen molar-refractivity contribution in [1.29, 1.82) is 0 Å². The molecule has 0 amide bonds. The number of aliphatic hydroxyl groups is 3. The first-order valence-corrected chi connectivity index (χ1v) is 5.17. The van der Waals surface area contributed by atoms with Gasteiger partial charge in [0.15, 0.2) is 0 Å². The SMILES string of the molecule is OCC(O)(CO)Cc1c[nH]c2ccccc12.